The maximum Gasteiger partial charge on any atom is 0.355 e. The van der Waals surface area contributed by atoms with Crippen LogP contribution in [0.2, 0.25) is 0 Å². The van der Waals surface area contributed by atoms with Gasteiger partial charge in [0.05, 0.1) is 9.93 Å². The van der Waals surface area contributed by atoms with E-state index in [0.717, 1.165) is 10.7 Å². The Hall–Kier alpha value is -2.00. The number of halogens is 1. The third kappa shape index (κ3) is 3.99. The molecule has 0 fully saturated rings. The second-order valence-corrected chi connectivity index (χ2v) is 5.83. The predicted molar refractivity (Wildman–Crippen MR) is 82.1 cm³/mol. The van der Waals surface area contributed by atoms with E-state index in [-0.39, 0.29) is 11.4 Å². The number of aromatic nitrogens is 1. The molecule has 1 aromatic heterocycles. The van der Waals surface area contributed by atoms with Crippen LogP contribution in [0, 0.1) is 10.1 Å². The van der Waals surface area contributed by atoms with Gasteiger partial charge in [-0.1, -0.05) is 0 Å². The minimum Gasteiger partial charge on any atom is -0.476 e. The van der Waals surface area contributed by atoms with Crippen molar-refractivity contribution in [3.63, 3.8) is 0 Å². The summed E-state index contributed by atoms with van der Waals surface area (Å²) in [6.45, 7) is 0.545. The predicted octanol–water partition coefficient (Wildman–Crippen LogP) is 3.17. The van der Waals surface area contributed by atoms with Gasteiger partial charge >= 0.3 is 5.97 Å². The summed E-state index contributed by atoms with van der Waals surface area (Å²) in [5.74, 6) is -1.04. The van der Waals surface area contributed by atoms with Gasteiger partial charge in [-0.15, -0.1) is 11.3 Å². The average Bonchev–Trinajstić information content (AvgIpc) is 2.89. The number of nitrogens with one attached hydrogen (secondary N) is 1. The van der Waals surface area contributed by atoms with Crippen LogP contribution in [0.3, 0.4) is 0 Å². The van der Waals surface area contributed by atoms with E-state index in [2.05, 4.69) is 26.2 Å². The minimum atomic E-state index is -1.04. The number of anilines is 1. The van der Waals surface area contributed by atoms with Gasteiger partial charge in [0.25, 0.3) is 5.69 Å². The van der Waals surface area contributed by atoms with Crippen LogP contribution in [0.15, 0.2) is 28.1 Å². The summed E-state index contributed by atoms with van der Waals surface area (Å²) < 4.78 is 0.599. The van der Waals surface area contributed by atoms with Crippen LogP contribution in [-0.2, 0) is 6.42 Å². The van der Waals surface area contributed by atoms with Crippen molar-refractivity contribution in [2.24, 2.45) is 0 Å². The van der Waals surface area contributed by atoms with Gasteiger partial charge in [-0.25, -0.2) is 9.78 Å². The number of carbonyl (C=O) groups is 1. The number of thiazole rings is 1. The van der Waals surface area contributed by atoms with E-state index in [1.54, 1.807) is 6.07 Å². The Balaban J connectivity index is 1.93. The van der Waals surface area contributed by atoms with Crippen molar-refractivity contribution in [2.45, 2.75) is 6.42 Å². The molecule has 1 heterocycles. The molecule has 0 aliphatic rings. The van der Waals surface area contributed by atoms with Crippen molar-refractivity contribution in [3.05, 3.63) is 48.9 Å². The maximum atomic E-state index is 10.7. The van der Waals surface area contributed by atoms with E-state index in [1.807, 2.05) is 0 Å². The Labute approximate surface area is 131 Å². The first kappa shape index (κ1) is 15.4. The van der Waals surface area contributed by atoms with E-state index in [4.69, 9.17) is 5.11 Å². The number of carboxylic acids is 1. The molecule has 21 heavy (non-hydrogen) atoms. The topological polar surface area (TPSA) is 105 Å². The van der Waals surface area contributed by atoms with Crippen LogP contribution < -0.4 is 5.32 Å². The van der Waals surface area contributed by atoms with Gasteiger partial charge in [0.1, 0.15) is 0 Å². The zero-order valence-electron chi connectivity index (χ0n) is 10.6. The summed E-state index contributed by atoms with van der Waals surface area (Å²) >= 11 is 4.56. The van der Waals surface area contributed by atoms with Crippen molar-refractivity contribution in [1.29, 1.82) is 0 Å². The standard InChI is InChI=1S/C12H10BrN3O4S/c13-8-5-7(16(19)20)1-2-9(8)14-4-3-11-15-10(6-21-11)12(17)18/h1-2,5-6,14H,3-4H2,(H,17,18). The lowest BCUT2D eigenvalue weighted by molar-refractivity contribution is -0.384. The van der Waals surface area contributed by atoms with Gasteiger partial charge in [0.2, 0.25) is 0 Å². The first-order valence-electron chi connectivity index (χ1n) is 5.83. The smallest absolute Gasteiger partial charge is 0.355 e. The normalized spacial score (nSPS) is 10.3. The van der Waals surface area contributed by atoms with Crippen LogP contribution >= 0.6 is 27.3 Å². The zero-order valence-corrected chi connectivity index (χ0v) is 13.0. The fraction of sp³-hybridized carbons (Fsp3) is 0.167. The lowest BCUT2D eigenvalue weighted by atomic mass is 10.3. The number of hydrogen-bond donors (Lipinski definition) is 2. The molecule has 0 spiro atoms. The Morgan fingerprint density at radius 3 is 2.86 bits per heavy atom. The first-order chi connectivity index (χ1) is 9.97. The second kappa shape index (κ2) is 6.64. The van der Waals surface area contributed by atoms with E-state index < -0.39 is 10.9 Å². The molecule has 9 heteroatoms. The number of nitro groups is 1. The van der Waals surface area contributed by atoms with Crippen molar-refractivity contribution < 1.29 is 14.8 Å². The van der Waals surface area contributed by atoms with Crippen molar-refractivity contribution in [2.75, 3.05) is 11.9 Å². The molecule has 0 amide bonds. The average molecular weight is 372 g/mol. The van der Waals surface area contributed by atoms with E-state index in [0.29, 0.717) is 17.4 Å². The molecule has 2 aromatic rings. The van der Waals surface area contributed by atoms with E-state index in [9.17, 15) is 14.9 Å². The van der Waals surface area contributed by atoms with Crippen molar-refractivity contribution >= 4 is 44.6 Å². The molecule has 0 bridgehead atoms. The SMILES string of the molecule is O=C(O)c1csc(CCNc2ccc([N+](=O)[O-])cc2Br)n1. The van der Waals surface area contributed by atoms with Crippen LogP contribution in [-0.4, -0.2) is 27.5 Å². The van der Waals surface area contributed by atoms with Gasteiger partial charge in [-0.05, 0) is 22.0 Å². The lowest BCUT2D eigenvalue weighted by Crippen LogP contribution is -2.06. The molecule has 7 nitrogen and oxygen atoms in total. The first-order valence-corrected chi connectivity index (χ1v) is 7.50. The van der Waals surface area contributed by atoms with E-state index >= 15 is 0 Å². The summed E-state index contributed by atoms with van der Waals surface area (Å²) in [4.78, 5) is 24.9. The maximum absolute atomic E-state index is 10.7. The molecule has 0 saturated heterocycles. The highest BCUT2D eigenvalue weighted by molar-refractivity contribution is 9.10. The summed E-state index contributed by atoms with van der Waals surface area (Å²) in [7, 11) is 0. The highest BCUT2D eigenvalue weighted by atomic mass is 79.9. The third-order valence-electron chi connectivity index (χ3n) is 2.59. The molecule has 0 radical (unpaired) electrons. The largest absolute Gasteiger partial charge is 0.476 e. The Kier molecular flexibility index (Phi) is 4.86. The van der Waals surface area contributed by atoms with Crippen LogP contribution in [0.4, 0.5) is 11.4 Å². The molecule has 0 atom stereocenters. The molecule has 2 N–H and O–H groups in total. The summed E-state index contributed by atoms with van der Waals surface area (Å²) in [6, 6.07) is 4.46. The lowest BCUT2D eigenvalue weighted by Gasteiger charge is -2.07. The molecular weight excluding hydrogens is 362 g/mol. The molecule has 0 saturated carbocycles. The molecule has 0 aliphatic heterocycles. The third-order valence-corrected chi connectivity index (χ3v) is 4.15. The summed E-state index contributed by atoms with van der Waals surface area (Å²) in [5.41, 5.74) is 0.792. The number of non-ortho nitro benzene ring substituents is 1. The van der Waals surface area contributed by atoms with Gasteiger partial charge in [0.15, 0.2) is 5.69 Å². The molecule has 0 unspecified atom stereocenters. The highest BCUT2D eigenvalue weighted by Crippen LogP contribution is 2.27. The molecular formula is C12H10BrN3O4S. The molecule has 110 valence electrons. The van der Waals surface area contributed by atoms with Gasteiger partial charge in [-0.2, -0.15) is 0 Å². The number of benzene rings is 1. The van der Waals surface area contributed by atoms with Gasteiger partial charge in [-0.3, -0.25) is 10.1 Å². The fourth-order valence-corrected chi connectivity index (χ4v) is 2.87. The second-order valence-electron chi connectivity index (χ2n) is 4.03. The molecule has 1 aromatic carbocycles. The number of carboxylic acid groups (broad SMARTS) is 1. The fourth-order valence-electron chi connectivity index (χ4n) is 1.59. The Bertz CT molecular complexity index is 689. The minimum absolute atomic E-state index is 0.0125. The number of nitrogens with zero attached hydrogens (tertiary/aromatic N) is 2. The van der Waals surface area contributed by atoms with Gasteiger partial charge < -0.3 is 10.4 Å². The Morgan fingerprint density at radius 1 is 1.52 bits per heavy atom. The van der Waals surface area contributed by atoms with Crippen molar-refractivity contribution in [3.8, 4) is 0 Å². The molecule has 2 rings (SSSR count). The quantitative estimate of drug-likeness (QED) is 0.596. The number of hydrogen-bond acceptors (Lipinski definition) is 6. The zero-order chi connectivity index (χ0) is 15.4. The van der Waals surface area contributed by atoms with Crippen LogP contribution in [0.1, 0.15) is 15.5 Å². The van der Waals surface area contributed by atoms with Crippen LogP contribution in [0.5, 0.6) is 0 Å². The van der Waals surface area contributed by atoms with Crippen LogP contribution in [0.25, 0.3) is 0 Å². The van der Waals surface area contributed by atoms with Crippen molar-refractivity contribution in [1.82, 2.24) is 4.98 Å². The Morgan fingerprint density at radius 2 is 2.29 bits per heavy atom. The number of rotatable bonds is 6. The number of aromatic carboxylic acids is 1. The molecule has 0 aliphatic carbocycles. The monoisotopic (exact) mass is 371 g/mol. The summed E-state index contributed by atoms with van der Waals surface area (Å²) in [5, 5.41) is 24.7. The summed E-state index contributed by atoms with van der Waals surface area (Å²) in [6.07, 6.45) is 0.571. The highest BCUT2D eigenvalue weighted by Gasteiger charge is 2.10. The number of nitro benzene ring substituents is 1. The van der Waals surface area contributed by atoms with Gasteiger partial charge in [0, 0.05) is 40.6 Å². The van der Waals surface area contributed by atoms with E-state index in [1.165, 1.54) is 28.8 Å².